The summed E-state index contributed by atoms with van der Waals surface area (Å²) in [6.45, 7) is 7.76. The van der Waals surface area contributed by atoms with Crippen molar-refractivity contribution in [3.8, 4) is 0 Å². The zero-order valence-corrected chi connectivity index (χ0v) is 11.2. The molecule has 1 atom stereocenters. The van der Waals surface area contributed by atoms with Crippen molar-refractivity contribution in [2.75, 3.05) is 18.4 Å². The lowest BCUT2D eigenvalue weighted by Gasteiger charge is -2.35. The molecule has 2 N–H and O–H groups in total. The number of aromatic nitrogens is 1. The molecule has 0 spiro atoms. The maximum atomic E-state index is 12.3. The monoisotopic (exact) mass is 251 g/mol. The van der Waals surface area contributed by atoms with Gasteiger partial charge in [-0.25, -0.2) is 0 Å². The molecule has 1 saturated heterocycles. The summed E-state index contributed by atoms with van der Waals surface area (Å²) < 4.78 is 5.02. The molecule has 0 aliphatic carbocycles. The van der Waals surface area contributed by atoms with Crippen LogP contribution in [0.4, 0.5) is 5.88 Å². The predicted molar refractivity (Wildman–Crippen MR) is 69.2 cm³/mol. The van der Waals surface area contributed by atoms with Crippen LogP contribution in [-0.4, -0.2) is 24.2 Å². The van der Waals surface area contributed by atoms with Crippen molar-refractivity contribution in [3.63, 3.8) is 0 Å². The number of nitrogens with zero attached hydrogens (tertiary/aromatic N) is 1. The lowest BCUT2D eigenvalue weighted by Crippen LogP contribution is -2.44. The Morgan fingerprint density at radius 2 is 2.39 bits per heavy atom. The highest BCUT2D eigenvalue weighted by molar-refractivity contribution is 5.93. The summed E-state index contributed by atoms with van der Waals surface area (Å²) in [6.07, 6.45) is 2.21. The van der Waals surface area contributed by atoms with E-state index in [1.807, 2.05) is 20.8 Å². The second-order valence-corrected chi connectivity index (χ2v) is 5.55. The molecule has 1 aliphatic rings. The number of carbonyl (C=O) groups excluding carboxylic acids is 1. The molecular weight excluding hydrogens is 230 g/mol. The van der Waals surface area contributed by atoms with Gasteiger partial charge in [-0.2, -0.15) is 0 Å². The number of amides is 1. The summed E-state index contributed by atoms with van der Waals surface area (Å²) in [4.78, 5) is 12.3. The van der Waals surface area contributed by atoms with Crippen LogP contribution in [0, 0.1) is 18.3 Å². The number of hydrogen-bond acceptors (Lipinski definition) is 4. The Hall–Kier alpha value is -1.36. The maximum Gasteiger partial charge on any atom is 0.232 e. The fourth-order valence-electron chi connectivity index (χ4n) is 2.35. The van der Waals surface area contributed by atoms with E-state index >= 15 is 0 Å². The lowest BCUT2D eigenvalue weighted by molar-refractivity contribution is -0.127. The summed E-state index contributed by atoms with van der Waals surface area (Å²) in [5.74, 6) is 0.775. The molecule has 5 heteroatoms. The molecule has 18 heavy (non-hydrogen) atoms. The Bertz CT molecular complexity index is 420. The lowest BCUT2D eigenvalue weighted by atomic mass is 9.74. The number of piperidine rings is 1. The summed E-state index contributed by atoms with van der Waals surface area (Å²) in [6, 6.07) is 1.73. The molecule has 0 bridgehead atoms. The fraction of sp³-hybridized carbons (Fsp3) is 0.692. The topological polar surface area (TPSA) is 67.2 Å². The van der Waals surface area contributed by atoms with Crippen molar-refractivity contribution in [2.45, 2.75) is 33.6 Å². The molecule has 0 saturated carbocycles. The Morgan fingerprint density at radius 1 is 1.61 bits per heavy atom. The third kappa shape index (κ3) is 2.72. The summed E-state index contributed by atoms with van der Waals surface area (Å²) in [5.41, 5.74) is 0.358. The van der Waals surface area contributed by atoms with Gasteiger partial charge in [0.2, 0.25) is 11.8 Å². The van der Waals surface area contributed by atoms with Crippen molar-refractivity contribution in [1.82, 2.24) is 10.5 Å². The molecule has 0 radical (unpaired) electrons. The van der Waals surface area contributed by atoms with Crippen LogP contribution in [0.3, 0.4) is 0 Å². The van der Waals surface area contributed by atoms with Crippen LogP contribution in [0.2, 0.25) is 0 Å². The second-order valence-electron chi connectivity index (χ2n) is 5.55. The van der Waals surface area contributed by atoms with Crippen LogP contribution in [0.25, 0.3) is 0 Å². The molecule has 1 aliphatic heterocycles. The summed E-state index contributed by atoms with van der Waals surface area (Å²) >= 11 is 0. The first-order chi connectivity index (χ1) is 8.50. The minimum Gasteiger partial charge on any atom is -0.338 e. The van der Waals surface area contributed by atoms with Crippen LogP contribution in [0.1, 0.15) is 32.4 Å². The van der Waals surface area contributed by atoms with Gasteiger partial charge in [0.15, 0.2) is 0 Å². The second kappa shape index (κ2) is 5.10. The van der Waals surface area contributed by atoms with E-state index in [1.54, 1.807) is 6.07 Å². The average molecular weight is 251 g/mol. The Kier molecular flexibility index (Phi) is 3.71. The van der Waals surface area contributed by atoms with Crippen LogP contribution in [0.15, 0.2) is 10.6 Å². The molecule has 1 amide bonds. The number of hydrogen-bond donors (Lipinski definition) is 2. The zero-order chi connectivity index (χ0) is 13.2. The molecule has 1 unspecified atom stereocenters. The minimum absolute atomic E-state index is 0.00708. The largest absolute Gasteiger partial charge is 0.338 e. The van der Waals surface area contributed by atoms with Crippen LogP contribution < -0.4 is 10.6 Å². The van der Waals surface area contributed by atoms with E-state index in [0.717, 1.165) is 31.6 Å². The predicted octanol–water partition coefficient (Wildman–Crippen LogP) is 1.95. The van der Waals surface area contributed by atoms with Crippen molar-refractivity contribution in [1.29, 1.82) is 0 Å². The molecule has 2 heterocycles. The fourth-order valence-corrected chi connectivity index (χ4v) is 2.35. The van der Waals surface area contributed by atoms with Gasteiger partial charge in [-0.15, -0.1) is 0 Å². The molecular formula is C13H21N3O2. The maximum absolute atomic E-state index is 12.3. The Morgan fingerprint density at radius 3 is 2.94 bits per heavy atom. The van der Waals surface area contributed by atoms with E-state index in [9.17, 15) is 4.79 Å². The molecule has 1 aromatic rings. The number of aryl methyl sites for hydroxylation is 1. The highest BCUT2D eigenvalue weighted by Crippen LogP contribution is 2.33. The molecule has 1 aromatic heterocycles. The Balaban J connectivity index is 2.02. The first-order valence-electron chi connectivity index (χ1n) is 6.45. The highest BCUT2D eigenvalue weighted by Gasteiger charge is 2.37. The first kappa shape index (κ1) is 13.1. The van der Waals surface area contributed by atoms with Gasteiger partial charge in [0, 0.05) is 11.5 Å². The first-order valence-corrected chi connectivity index (χ1v) is 6.45. The summed E-state index contributed by atoms with van der Waals surface area (Å²) in [7, 11) is 0. The van der Waals surface area contributed by atoms with Crippen LogP contribution in [-0.2, 0) is 4.79 Å². The Labute approximate surface area is 107 Å². The van der Waals surface area contributed by atoms with E-state index < -0.39 is 5.41 Å². The highest BCUT2D eigenvalue weighted by atomic mass is 16.5. The van der Waals surface area contributed by atoms with E-state index in [4.69, 9.17) is 4.52 Å². The SMILES string of the molecule is Cc1cc(NC(=O)C(C)(C)C2CCCNC2)on1. The van der Waals surface area contributed by atoms with Gasteiger partial charge in [-0.1, -0.05) is 19.0 Å². The van der Waals surface area contributed by atoms with Crippen molar-refractivity contribution in [3.05, 3.63) is 11.8 Å². The van der Waals surface area contributed by atoms with Crippen LogP contribution in [0.5, 0.6) is 0 Å². The van der Waals surface area contributed by atoms with Gasteiger partial charge in [0.1, 0.15) is 0 Å². The molecule has 5 nitrogen and oxygen atoms in total. The van der Waals surface area contributed by atoms with E-state index in [1.165, 1.54) is 0 Å². The molecule has 2 rings (SSSR count). The third-order valence-corrected chi connectivity index (χ3v) is 3.77. The zero-order valence-electron chi connectivity index (χ0n) is 11.2. The standard InChI is InChI=1S/C13H21N3O2/c1-9-7-11(18-16-9)15-12(17)13(2,3)10-5-4-6-14-8-10/h7,10,14H,4-6,8H2,1-3H3,(H,15,17). The van der Waals surface area contributed by atoms with Gasteiger partial charge >= 0.3 is 0 Å². The van der Waals surface area contributed by atoms with E-state index in [2.05, 4.69) is 15.8 Å². The van der Waals surface area contributed by atoms with Gasteiger partial charge in [-0.3, -0.25) is 10.1 Å². The van der Waals surface area contributed by atoms with Crippen molar-refractivity contribution >= 4 is 11.8 Å². The number of rotatable bonds is 3. The van der Waals surface area contributed by atoms with Gasteiger partial charge in [0.25, 0.3) is 0 Å². The van der Waals surface area contributed by atoms with Crippen LogP contribution >= 0.6 is 0 Å². The van der Waals surface area contributed by atoms with E-state index in [-0.39, 0.29) is 5.91 Å². The van der Waals surface area contributed by atoms with Gasteiger partial charge in [0.05, 0.1) is 5.69 Å². The van der Waals surface area contributed by atoms with Crippen molar-refractivity contribution < 1.29 is 9.32 Å². The number of carbonyl (C=O) groups is 1. The van der Waals surface area contributed by atoms with Gasteiger partial charge < -0.3 is 9.84 Å². The quantitative estimate of drug-likeness (QED) is 0.861. The molecule has 100 valence electrons. The normalized spacial score (nSPS) is 20.7. The van der Waals surface area contributed by atoms with Gasteiger partial charge in [-0.05, 0) is 38.8 Å². The van der Waals surface area contributed by atoms with E-state index in [0.29, 0.717) is 11.8 Å². The summed E-state index contributed by atoms with van der Waals surface area (Å²) in [5, 5.41) is 9.91. The number of nitrogens with one attached hydrogen (secondary N) is 2. The molecule has 0 aromatic carbocycles. The average Bonchev–Trinajstić information content (AvgIpc) is 2.76. The minimum atomic E-state index is -0.409. The molecule has 1 fully saturated rings. The van der Waals surface area contributed by atoms with Crippen molar-refractivity contribution in [2.24, 2.45) is 11.3 Å². The smallest absolute Gasteiger partial charge is 0.232 e. The third-order valence-electron chi connectivity index (χ3n) is 3.77. The number of anilines is 1.